The molecular weight excluding hydrogens is 387 g/mol. The van der Waals surface area contributed by atoms with Crippen molar-refractivity contribution < 1.29 is 14.1 Å². The van der Waals surface area contributed by atoms with Crippen LogP contribution in [0.1, 0.15) is 13.8 Å². The zero-order valence-corrected chi connectivity index (χ0v) is 15.8. The van der Waals surface area contributed by atoms with Gasteiger partial charge in [-0.05, 0) is 12.0 Å². The largest absolute Gasteiger partial charge is 0.323 e. The van der Waals surface area contributed by atoms with Gasteiger partial charge in [-0.3, -0.25) is 14.9 Å². The SMILES string of the molecule is CC(C)CSc1nnc(SCC(=O)Nc2cc([N+](=O)[O-])ccc2F)s1. The Hall–Kier alpha value is -1.72. The van der Waals surface area contributed by atoms with Gasteiger partial charge in [0.05, 0.1) is 16.4 Å². The standard InChI is InChI=1S/C14H15FN4O3S3/c1-8(2)6-23-13-17-18-14(25-13)24-7-12(20)16-11-5-9(19(21)22)3-4-10(11)15/h3-5,8H,6-7H2,1-2H3,(H,16,20). The Balaban J connectivity index is 1.89. The lowest BCUT2D eigenvalue weighted by molar-refractivity contribution is -0.384. The highest BCUT2D eigenvalue weighted by Crippen LogP contribution is 2.30. The van der Waals surface area contributed by atoms with E-state index in [0.29, 0.717) is 10.3 Å². The van der Waals surface area contributed by atoms with E-state index < -0.39 is 16.6 Å². The number of hydrogen-bond donors (Lipinski definition) is 1. The summed E-state index contributed by atoms with van der Waals surface area (Å²) < 4.78 is 15.1. The maximum atomic E-state index is 13.6. The molecule has 0 aliphatic heterocycles. The fourth-order valence-corrected chi connectivity index (χ4v) is 4.38. The van der Waals surface area contributed by atoms with Gasteiger partial charge in [0.2, 0.25) is 5.91 Å². The van der Waals surface area contributed by atoms with Crippen LogP contribution in [0, 0.1) is 21.8 Å². The lowest BCUT2D eigenvalue weighted by atomic mass is 10.2. The third-order valence-corrected chi connectivity index (χ3v) is 6.31. The molecule has 1 heterocycles. The first kappa shape index (κ1) is 19.6. The van der Waals surface area contributed by atoms with Crippen LogP contribution in [0.2, 0.25) is 0 Å². The molecule has 2 aromatic rings. The number of carbonyl (C=O) groups excluding carboxylic acids is 1. The van der Waals surface area contributed by atoms with Crippen LogP contribution in [0.25, 0.3) is 0 Å². The summed E-state index contributed by atoms with van der Waals surface area (Å²) in [5.74, 6) is 0.279. The Bertz CT molecular complexity index is 770. The second-order valence-corrected chi connectivity index (χ2v) is 8.76. The summed E-state index contributed by atoms with van der Waals surface area (Å²) in [5, 5.41) is 21.1. The molecular formula is C14H15FN4O3S3. The molecule has 0 saturated heterocycles. The highest BCUT2D eigenvalue weighted by Gasteiger charge is 2.14. The van der Waals surface area contributed by atoms with Crippen molar-refractivity contribution in [3.63, 3.8) is 0 Å². The van der Waals surface area contributed by atoms with E-state index in [9.17, 15) is 19.3 Å². The monoisotopic (exact) mass is 402 g/mol. The molecule has 1 aromatic carbocycles. The third-order valence-electron chi connectivity index (χ3n) is 2.69. The number of anilines is 1. The van der Waals surface area contributed by atoms with Crippen LogP contribution in [0.4, 0.5) is 15.8 Å². The molecule has 0 saturated carbocycles. The molecule has 1 aromatic heterocycles. The van der Waals surface area contributed by atoms with E-state index in [4.69, 9.17) is 0 Å². The Kier molecular flexibility index (Phi) is 7.14. The second-order valence-electron chi connectivity index (χ2n) is 5.30. The van der Waals surface area contributed by atoms with Crippen molar-refractivity contribution in [2.45, 2.75) is 22.5 Å². The molecule has 0 radical (unpaired) electrons. The molecule has 7 nitrogen and oxygen atoms in total. The molecule has 0 fully saturated rings. The van der Waals surface area contributed by atoms with E-state index in [2.05, 4.69) is 29.4 Å². The van der Waals surface area contributed by atoms with Crippen molar-refractivity contribution >= 4 is 52.1 Å². The number of aromatic nitrogens is 2. The highest BCUT2D eigenvalue weighted by atomic mass is 32.2. The quantitative estimate of drug-likeness (QED) is 0.404. The molecule has 0 atom stereocenters. The summed E-state index contributed by atoms with van der Waals surface area (Å²) in [5.41, 5.74) is -0.509. The van der Waals surface area contributed by atoms with Gasteiger partial charge in [-0.25, -0.2) is 4.39 Å². The Labute approximate surface area is 156 Å². The molecule has 0 unspecified atom stereocenters. The average molecular weight is 402 g/mol. The van der Waals surface area contributed by atoms with Gasteiger partial charge in [-0.2, -0.15) is 0 Å². The summed E-state index contributed by atoms with van der Waals surface area (Å²) in [7, 11) is 0. The smallest absolute Gasteiger partial charge is 0.271 e. The van der Waals surface area contributed by atoms with E-state index in [1.54, 1.807) is 11.8 Å². The predicted molar refractivity (Wildman–Crippen MR) is 97.9 cm³/mol. The average Bonchev–Trinajstić information content (AvgIpc) is 3.01. The lowest BCUT2D eigenvalue weighted by Crippen LogP contribution is -2.15. The van der Waals surface area contributed by atoms with Crippen LogP contribution in [0.3, 0.4) is 0 Å². The number of carbonyl (C=O) groups is 1. The van der Waals surface area contributed by atoms with Crippen molar-refractivity contribution in [2.24, 2.45) is 5.92 Å². The normalized spacial score (nSPS) is 10.9. The summed E-state index contributed by atoms with van der Waals surface area (Å²) in [6, 6.07) is 2.98. The van der Waals surface area contributed by atoms with Gasteiger partial charge >= 0.3 is 0 Å². The summed E-state index contributed by atoms with van der Waals surface area (Å²) in [4.78, 5) is 22.0. The van der Waals surface area contributed by atoms with Crippen LogP contribution >= 0.6 is 34.9 Å². The van der Waals surface area contributed by atoms with E-state index in [-0.39, 0.29) is 17.1 Å². The van der Waals surface area contributed by atoms with Gasteiger partial charge < -0.3 is 5.32 Å². The number of rotatable bonds is 8. The minimum atomic E-state index is -0.729. The second kappa shape index (κ2) is 9.11. The van der Waals surface area contributed by atoms with E-state index in [1.165, 1.54) is 23.1 Å². The Morgan fingerprint density at radius 1 is 1.36 bits per heavy atom. The number of nitrogens with one attached hydrogen (secondary N) is 1. The highest BCUT2D eigenvalue weighted by molar-refractivity contribution is 8.03. The van der Waals surface area contributed by atoms with Gasteiger partial charge in [-0.15, -0.1) is 10.2 Å². The maximum absolute atomic E-state index is 13.6. The summed E-state index contributed by atoms with van der Waals surface area (Å²) >= 11 is 4.19. The number of hydrogen-bond acceptors (Lipinski definition) is 8. The van der Waals surface area contributed by atoms with Gasteiger partial charge in [-0.1, -0.05) is 48.7 Å². The molecule has 134 valence electrons. The van der Waals surface area contributed by atoms with Crippen molar-refractivity contribution in [1.82, 2.24) is 10.2 Å². The van der Waals surface area contributed by atoms with E-state index in [1.807, 2.05) is 0 Å². The third kappa shape index (κ3) is 6.25. The lowest BCUT2D eigenvalue weighted by Gasteiger charge is -2.05. The number of thioether (sulfide) groups is 2. The Morgan fingerprint density at radius 3 is 2.68 bits per heavy atom. The van der Waals surface area contributed by atoms with E-state index in [0.717, 1.165) is 28.3 Å². The zero-order chi connectivity index (χ0) is 18.4. The number of nitro benzene ring substituents is 1. The first-order chi connectivity index (χ1) is 11.8. The van der Waals surface area contributed by atoms with Crippen molar-refractivity contribution in [3.05, 3.63) is 34.1 Å². The predicted octanol–water partition coefficient (Wildman–Crippen LogP) is 4.06. The topological polar surface area (TPSA) is 98.0 Å². The van der Waals surface area contributed by atoms with Crippen molar-refractivity contribution in [3.8, 4) is 0 Å². The molecule has 2 rings (SSSR count). The minimum Gasteiger partial charge on any atom is -0.323 e. The van der Waals surface area contributed by atoms with Crippen LogP contribution < -0.4 is 5.32 Å². The van der Waals surface area contributed by atoms with Gasteiger partial charge in [0, 0.05) is 17.9 Å². The summed E-state index contributed by atoms with van der Waals surface area (Å²) in [6.45, 7) is 4.22. The van der Waals surface area contributed by atoms with Crippen molar-refractivity contribution in [1.29, 1.82) is 0 Å². The number of halogens is 1. The number of non-ortho nitro benzene ring substituents is 1. The minimum absolute atomic E-state index is 0.00557. The molecule has 1 amide bonds. The molecule has 25 heavy (non-hydrogen) atoms. The van der Waals surface area contributed by atoms with Gasteiger partial charge in [0.15, 0.2) is 8.68 Å². The van der Waals surface area contributed by atoms with E-state index >= 15 is 0 Å². The molecule has 11 heteroatoms. The Morgan fingerprint density at radius 2 is 2.04 bits per heavy atom. The van der Waals surface area contributed by atoms with Crippen LogP contribution in [-0.4, -0.2) is 32.5 Å². The fraction of sp³-hybridized carbons (Fsp3) is 0.357. The first-order valence-electron chi connectivity index (χ1n) is 7.18. The number of amides is 1. The summed E-state index contributed by atoms with van der Waals surface area (Å²) in [6.07, 6.45) is 0. The first-order valence-corrected chi connectivity index (χ1v) is 9.97. The van der Waals surface area contributed by atoms with Crippen LogP contribution in [-0.2, 0) is 4.79 Å². The van der Waals surface area contributed by atoms with Crippen molar-refractivity contribution in [2.75, 3.05) is 16.8 Å². The molecule has 0 aliphatic carbocycles. The van der Waals surface area contributed by atoms with Gasteiger partial charge in [0.1, 0.15) is 5.82 Å². The number of benzene rings is 1. The maximum Gasteiger partial charge on any atom is 0.271 e. The zero-order valence-electron chi connectivity index (χ0n) is 13.4. The molecule has 1 N–H and O–H groups in total. The molecule has 0 spiro atoms. The van der Waals surface area contributed by atoms with Crippen LogP contribution in [0.5, 0.6) is 0 Å². The molecule has 0 aliphatic rings. The fourth-order valence-electron chi connectivity index (χ4n) is 1.59. The van der Waals surface area contributed by atoms with Gasteiger partial charge in [0.25, 0.3) is 5.69 Å². The van der Waals surface area contributed by atoms with Crippen LogP contribution in [0.15, 0.2) is 26.9 Å². The number of nitro groups is 1. The molecule has 0 bridgehead atoms. The number of nitrogens with zero attached hydrogens (tertiary/aromatic N) is 3.